The lowest BCUT2D eigenvalue weighted by atomic mass is 10.2. The summed E-state index contributed by atoms with van der Waals surface area (Å²) in [5.41, 5.74) is 0.655. The second-order valence-electron chi connectivity index (χ2n) is 3.99. The van der Waals surface area contributed by atoms with Crippen molar-refractivity contribution in [3.05, 3.63) is 23.9 Å². The van der Waals surface area contributed by atoms with E-state index in [0.29, 0.717) is 5.56 Å². The number of rotatable bonds is 2. The number of pyridine rings is 1. The van der Waals surface area contributed by atoms with Gasteiger partial charge in [-0.15, -0.1) is 0 Å². The SMILES string of the molecule is Cc1cc[n+]([C@@H]2OCC[C@H]2F)c(S(=O)(=O)O)c1. The Morgan fingerprint density at radius 2 is 2.29 bits per heavy atom. The first-order valence-electron chi connectivity index (χ1n) is 5.14. The van der Waals surface area contributed by atoms with Gasteiger partial charge in [0.15, 0.2) is 12.4 Å². The zero-order valence-electron chi connectivity index (χ0n) is 9.21. The summed E-state index contributed by atoms with van der Waals surface area (Å²) in [7, 11) is -4.40. The fraction of sp³-hybridized carbons (Fsp3) is 0.500. The highest BCUT2D eigenvalue weighted by atomic mass is 32.2. The monoisotopic (exact) mass is 262 g/mol. The first kappa shape index (κ1) is 12.4. The van der Waals surface area contributed by atoms with Crippen LogP contribution < -0.4 is 4.57 Å². The molecule has 2 heterocycles. The van der Waals surface area contributed by atoms with Crippen LogP contribution in [0, 0.1) is 6.92 Å². The predicted octanol–water partition coefficient (Wildman–Crippen LogP) is 0.786. The van der Waals surface area contributed by atoms with Crippen molar-refractivity contribution in [3.8, 4) is 0 Å². The van der Waals surface area contributed by atoms with Crippen LogP contribution in [0.1, 0.15) is 18.2 Å². The van der Waals surface area contributed by atoms with Crippen molar-refractivity contribution in [2.45, 2.75) is 30.8 Å². The van der Waals surface area contributed by atoms with Crippen molar-refractivity contribution in [2.24, 2.45) is 0 Å². The minimum Gasteiger partial charge on any atom is -0.318 e. The van der Waals surface area contributed by atoms with E-state index >= 15 is 0 Å². The van der Waals surface area contributed by atoms with Gasteiger partial charge in [-0.25, -0.2) is 4.39 Å². The standard InChI is InChI=1S/C10H12FNO4S/c1-7-2-4-12(9(6-7)17(13,14)15)10-8(11)3-5-16-10/h2,4,6,8,10H,3,5H2,1H3/p+1/t8-,10-/m1/s1. The van der Waals surface area contributed by atoms with Crippen LogP contribution in [0.2, 0.25) is 0 Å². The third-order valence-corrected chi connectivity index (χ3v) is 3.49. The summed E-state index contributed by atoms with van der Waals surface area (Å²) in [5.74, 6) is 0. The zero-order valence-corrected chi connectivity index (χ0v) is 10.0. The van der Waals surface area contributed by atoms with Crippen LogP contribution in [0.25, 0.3) is 0 Å². The summed E-state index contributed by atoms with van der Waals surface area (Å²) in [6.45, 7) is 1.92. The van der Waals surface area contributed by atoms with Gasteiger partial charge in [-0.05, 0) is 12.5 Å². The molecule has 0 radical (unpaired) electrons. The number of halogens is 1. The fourth-order valence-electron chi connectivity index (χ4n) is 1.81. The summed E-state index contributed by atoms with van der Waals surface area (Å²) < 4.78 is 51.3. The predicted molar refractivity (Wildman–Crippen MR) is 55.7 cm³/mol. The first-order valence-corrected chi connectivity index (χ1v) is 6.58. The van der Waals surface area contributed by atoms with Crippen LogP contribution in [-0.4, -0.2) is 25.7 Å². The molecule has 1 fully saturated rings. The molecule has 0 aromatic carbocycles. The highest BCUT2D eigenvalue weighted by molar-refractivity contribution is 7.85. The number of aromatic nitrogens is 1. The van der Waals surface area contributed by atoms with E-state index in [1.165, 1.54) is 12.3 Å². The van der Waals surface area contributed by atoms with Crippen LogP contribution in [0.4, 0.5) is 4.39 Å². The summed E-state index contributed by atoms with van der Waals surface area (Å²) in [6, 6.07) is 2.91. The molecule has 7 heteroatoms. The molecule has 0 unspecified atom stereocenters. The van der Waals surface area contributed by atoms with Crippen molar-refractivity contribution in [1.82, 2.24) is 0 Å². The molecule has 2 rings (SSSR count). The molecule has 0 saturated carbocycles. The minimum atomic E-state index is -4.40. The van der Waals surface area contributed by atoms with Gasteiger partial charge in [0.05, 0.1) is 6.61 Å². The second kappa shape index (κ2) is 4.32. The van der Waals surface area contributed by atoms with Crippen molar-refractivity contribution in [2.75, 3.05) is 6.61 Å². The summed E-state index contributed by atoms with van der Waals surface area (Å²) >= 11 is 0. The van der Waals surface area contributed by atoms with Crippen molar-refractivity contribution < 1.29 is 26.7 Å². The molecular formula is C10H13FNO4S+. The quantitative estimate of drug-likeness (QED) is 0.632. The Morgan fingerprint density at radius 3 is 2.82 bits per heavy atom. The minimum absolute atomic E-state index is 0.219. The van der Waals surface area contributed by atoms with Crippen LogP contribution >= 0.6 is 0 Å². The molecule has 2 atom stereocenters. The van der Waals surface area contributed by atoms with Crippen molar-refractivity contribution >= 4 is 10.1 Å². The molecule has 0 bridgehead atoms. The maximum absolute atomic E-state index is 13.5. The first-order chi connectivity index (χ1) is 7.89. The molecule has 1 saturated heterocycles. The van der Waals surface area contributed by atoms with E-state index in [0.717, 1.165) is 4.57 Å². The van der Waals surface area contributed by atoms with E-state index in [9.17, 15) is 12.8 Å². The van der Waals surface area contributed by atoms with Crippen LogP contribution in [0.5, 0.6) is 0 Å². The van der Waals surface area contributed by atoms with Gasteiger partial charge in [0, 0.05) is 18.6 Å². The Hall–Kier alpha value is -1.05. The van der Waals surface area contributed by atoms with E-state index in [1.54, 1.807) is 13.0 Å². The van der Waals surface area contributed by atoms with Crippen LogP contribution in [0.15, 0.2) is 23.4 Å². The number of hydrogen-bond donors (Lipinski definition) is 1. The number of ether oxygens (including phenoxy) is 1. The maximum Gasteiger partial charge on any atom is 0.355 e. The summed E-state index contributed by atoms with van der Waals surface area (Å²) in [6.07, 6.45) is -0.645. The van der Waals surface area contributed by atoms with Gasteiger partial charge in [-0.1, -0.05) is 0 Å². The van der Waals surface area contributed by atoms with Gasteiger partial charge in [0.1, 0.15) is 0 Å². The van der Waals surface area contributed by atoms with E-state index in [4.69, 9.17) is 9.29 Å². The molecular weight excluding hydrogens is 249 g/mol. The van der Waals surface area contributed by atoms with E-state index in [1.807, 2.05) is 0 Å². The van der Waals surface area contributed by atoms with Gasteiger partial charge in [0.25, 0.3) is 6.23 Å². The molecule has 17 heavy (non-hydrogen) atoms. The maximum atomic E-state index is 13.5. The van der Waals surface area contributed by atoms with Crippen LogP contribution in [-0.2, 0) is 14.9 Å². The highest BCUT2D eigenvalue weighted by Crippen LogP contribution is 2.23. The average Bonchev–Trinajstić information content (AvgIpc) is 2.63. The number of alkyl halides is 1. The fourth-order valence-corrected chi connectivity index (χ4v) is 2.58. The molecule has 1 aromatic rings. The molecule has 1 N–H and O–H groups in total. The average molecular weight is 262 g/mol. The van der Waals surface area contributed by atoms with Gasteiger partial charge in [-0.2, -0.15) is 13.0 Å². The molecule has 0 amide bonds. The Bertz CT molecular complexity index is 531. The Kier molecular flexibility index (Phi) is 3.15. The van der Waals surface area contributed by atoms with Crippen LogP contribution in [0.3, 0.4) is 0 Å². The lowest BCUT2D eigenvalue weighted by Crippen LogP contribution is -2.47. The van der Waals surface area contributed by atoms with E-state index in [2.05, 4.69) is 0 Å². The molecule has 1 aromatic heterocycles. The number of aryl methyl sites for hydroxylation is 1. The highest BCUT2D eigenvalue weighted by Gasteiger charge is 2.40. The second-order valence-corrected chi connectivity index (χ2v) is 5.36. The topological polar surface area (TPSA) is 67.5 Å². The zero-order chi connectivity index (χ0) is 12.6. The largest absolute Gasteiger partial charge is 0.355 e. The molecule has 1 aliphatic heterocycles. The molecule has 0 aliphatic carbocycles. The lowest BCUT2D eigenvalue weighted by Gasteiger charge is -2.10. The lowest BCUT2D eigenvalue weighted by molar-refractivity contribution is -0.794. The molecule has 5 nitrogen and oxygen atoms in total. The molecule has 1 aliphatic rings. The smallest absolute Gasteiger partial charge is 0.318 e. The third-order valence-electron chi connectivity index (χ3n) is 2.63. The van der Waals surface area contributed by atoms with Gasteiger partial charge in [0.2, 0.25) is 0 Å². The van der Waals surface area contributed by atoms with Gasteiger partial charge >= 0.3 is 15.1 Å². The summed E-state index contributed by atoms with van der Waals surface area (Å²) in [4.78, 5) is 0. The Labute approximate surface area is 98.6 Å². The van der Waals surface area contributed by atoms with Crippen molar-refractivity contribution in [1.29, 1.82) is 0 Å². The van der Waals surface area contributed by atoms with Crippen molar-refractivity contribution in [3.63, 3.8) is 0 Å². The Balaban J connectivity index is 2.54. The molecule has 94 valence electrons. The number of nitrogens with zero attached hydrogens (tertiary/aromatic N) is 1. The van der Waals surface area contributed by atoms with E-state index in [-0.39, 0.29) is 18.1 Å². The third kappa shape index (κ3) is 2.46. The summed E-state index contributed by atoms with van der Waals surface area (Å²) in [5, 5.41) is -0.355. The Morgan fingerprint density at radius 1 is 1.59 bits per heavy atom. The number of hydrogen-bond acceptors (Lipinski definition) is 3. The van der Waals surface area contributed by atoms with Gasteiger partial charge < -0.3 is 4.74 Å². The van der Waals surface area contributed by atoms with E-state index < -0.39 is 22.5 Å². The normalized spacial score (nSPS) is 25.1. The molecule has 0 spiro atoms. The van der Waals surface area contributed by atoms with Gasteiger partial charge in [-0.3, -0.25) is 4.55 Å².